The number of aromatic nitrogens is 3. The van der Waals surface area contributed by atoms with Crippen LogP contribution in [0.1, 0.15) is 48.5 Å². The molecule has 0 saturated heterocycles. The molecule has 0 N–H and O–H groups in total. The molecule has 3 heterocycles. The zero-order chi connectivity index (χ0) is 16.5. The van der Waals surface area contributed by atoms with E-state index in [0.29, 0.717) is 5.92 Å². The fraction of sp³-hybridized carbons (Fsp3) is 0.667. The highest BCUT2D eigenvalue weighted by Gasteiger charge is 2.32. The van der Waals surface area contributed by atoms with E-state index in [9.17, 15) is 0 Å². The Morgan fingerprint density at radius 2 is 2.25 bits per heavy atom. The van der Waals surface area contributed by atoms with Gasteiger partial charge < -0.3 is 13.8 Å². The summed E-state index contributed by atoms with van der Waals surface area (Å²) in [7, 11) is 0. The minimum absolute atomic E-state index is 0.378. The van der Waals surface area contributed by atoms with Crippen molar-refractivity contribution in [2.24, 2.45) is 5.92 Å². The molecule has 0 spiro atoms. The van der Waals surface area contributed by atoms with Crippen LogP contribution in [0.15, 0.2) is 16.9 Å². The first-order chi connectivity index (χ1) is 11.7. The molecule has 130 valence electrons. The van der Waals surface area contributed by atoms with Gasteiger partial charge in [0.1, 0.15) is 5.76 Å². The fourth-order valence-corrected chi connectivity index (χ4v) is 3.66. The van der Waals surface area contributed by atoms with Gasteiger partial charge in [0.25, 0.3) is 0 Å². The second-order valence-electron chi connectivity index (χ2n) is 7.13. The maximum Gasteiger partial charge on any atom is 0.133 e. The molecule has 1 aliphatic carbocycles. The summed E-state index contributed by atoms with van der Waals surface area (Å²) in [4.78, 5) is 7.12. The van der Waals surface area contributed by atoms with Crippen LogP contribution in [0.3, 0.4) is 0 Å². The van der Waals surface area contributed by atoms with Crippen LogP contribution in [0.5, 0.6) is 0 Å². The lowest BCUT2D eigenvalue weighted by molar-refractivity contribution is 0.101. The van der Waals surface area contributed by atoms with Crippen molar-refractivity contribution in [3.63, 3.8) is 0 Å². The van der Waals surface area contributed by atoms with Gasteiger partial charge >= 0.3 is 0 Å². The molecule has 2 aromatic rings. The van der Waals surface area contributed by atoms with Gasteiger partial charge in [0.2, 0.25) is 0 Å². The summed E-state index contributed by atoms with van der Waals surface area (Å²) >= 11 is 0. The lowest BCUT2D eigenvalue weighted by atomic mass is 9.98. The van der Waals surface area contributed by atoms with Crippen LogP contribution >= 0.6 is 0 Å². The highest BCUT2D eigenvalue weighted by atomic mass is 16.5. The molecular formula is C18H26N4O2. The number of aryl methyl sites for hydroxylation is 1. The summed E-state index contributed by atoms with van der Waals surface area (Å²) in [5, 5.41) is 4.13. The first-order valence-electron chi connectivity index (χ1n) is 8.99. The van der Waals surface area contributed by atoms with E-state index in [-0.39, 0.29) is 0 Å². The van der Waals surface area contributed by atoms with Crippen molar-refractivity contribution in [2.75, 3.05) is 19.8 Å². The van der Waals surface area contributed by atoms with Gasteiger partial charge in [-0.15, -0.1) is 0 Å². The maximum atomic E-state index is 5.78. The maximum absolute atomic E-state index is 5.78. The van der Waals surface area contributed by atoms with Crippen LogP contribution in [0.2, 0.25) is 0 Å². The third-order valence-electron chi connectivity index (χ3n) is 4.93. The molecule has 1 saturated carbocycles. The summed E-state index contributed by atoms with van der Waals surface area (Å²) in [6.07, 6.45) is 4.76. The molecule has 0 radical (unpaired) electrons. The zero-order valence-corrected chi connectivity index (χ0v) is 14.6. The quantitative estimate of drug-likeness (QED) is 0.781. The molecule has 6 nitrogen and oxygen atoms in total. The van der Waals surface area contributed by atoms with Crippen molar-refractivity contribution in [3.05, 3.63) is 35.2 Å². The van der Waals surface area contributed by atoms with E-state index in [1.807, 2.05) is 19.3 Å². The normalized spacial score (nSPS) is 21.2. The number of nitrogens with zero attached hydrogens (tertiary/aromatic N) is 4. The van der Waals surface area contributed by atoms with E-state index >= 15 is 0 Å². The lowest BCUT2D eigenvalue weighted by Gasteiger charge is -2.32. The van der Waals surface area contributed by atoms with Crippen molar-refractivity contribution < 1.29 is 9.26 Å². The summed E-state index contributed by atoms with van der Waals surface area (Å²) in [6, 6.07) is 2.01. The van der Waals surface area contributed by atoms with Crippen LogP contribution in [-0.2, 0) is 24.4 Å². The Hall–Kier alpha value is -1.66. The minimum Gasteiger partial charge on any atom is -0.381 e. The predicted molar refractivity (Wildman–Crippen MR) is 89.5 cm³/mol. The first kappa shape index (κ1) is 15.8. The van der Waals surface area contributed by atoms with E-state index in [1.54, 1.807) is 0 Å². The number of fused-ring (bicyclic) bond motifs is 1. The van der Waals surface area contributed by atoms with Gasteiger partial charge in [-0.05, 0) is 32.6 Å². The molecule has 0 amide bonds. The van der Waals surface area contributed by atoms with E-state index in [4.69, 9.17) is 14.2 Å². The largest absolute Gasteiger partial charge is 0.381 e. The minimum atomic E-state index is 0.378. The molecule has 1 fully saturated rings. The van der Waals surface area contributed by atoms with Crippen molar-refractivity contribution in [1.29, 1.82) is 0 Å². The Kier molecular flexibility index (Phi) is 4.41. The van der Waals surface area contributed by atoms with Crippen molar-refractivity contribution in [3.8, 4) is 0 Å². The van der Waals surface area contributed by atoms with Crippen molar-refractivity contribution >= 4 is 0 Å². The fourth-order valence-electron chi connectivity index (χ4n) is 3.66. The molecular weight excluding hydrogens is 304 g/mol. The van der Waals surface area contributed by atoms with Crippen LogP contribution in [0, 0.1) is 12.8 Å². The topological polar surface area (TPSA) is 56.3 Å². The third-order valence-corrected chi connectivity index (χ3v) is 4.93. The molecule has 6 heteroatoms. The molecule has 1 unspecified atom stereocenters. The number of ether oxygens (including phenoxy) is 1. The summed E-state index contributed by atoms with van der Waals surface area (Å²) in [5.41, 5.74) is 3.58. The Morgan fingerprint density at radius 3 is 2.96 bits per heavy atom. The van der Waals surface area contributed by atoms with E-state index in [0.717, 1.165) is 56.8 Å². The average Bonchev–Trinajstić information content (AvgIpc) is 3.16. The lowest BCUT2D eigenvalue weighted by Crippen LogP contribution is -2.36. The van der Waals surface area contributed by atoms with Crippen molar-refractivity contribution in [2.45, 2.75) is 52.2 Å². The highest BCUT2D eigenvalue weighted by molar-refractivity contribution is 5.23. The monoisotopic (exact) mass is 330 g/mol. The SMILES string of the molecule is CCOCC1CN(Cc2cc(C)on2)Cc2ncn(CC3CC3)c21. The zero-order valence-electron chi connectivity index (χ0n) is 14.6. The Bertz CT molecular complexity index is 689. The van der Waals surface area contributed by atoms with Crippen LogP contribution in [-0.4, -0.2) is 39.4 Å². The van der Waals surface area contributed by atoms with Crippen LogP contribution < -0.4 is 0 Å². The summed E-state index contributed by atoms with van der Waals surface area (Å²) in [6.45, 7) is 9.28. The predicted octanol–water partition coefficient (Wildman–Crippen LogP) is 2.73. The third kappa shape index (κ3) is 3.39. The van der Waals surface area contributed by atoms with Crippen LogP contribution in [0.4, 0.5) is 0 Å². The van der Waals surface area contributed by atoms with Crippen molar-refractivity contribution in [1.82, 2.24) is 19.6 Å². The second kappa shape index (κ2) is 6.69. The number of imidazole rings is 1. The van der Waals surface area contributed by atoms with E-state index < -0.39 is 0 Å². The van der Waals surface area contributed by atoms with E-state index in [1.165, 1.54) is 24.2 Å². The van der Waals surface area contributed by atoms with Crippen LogP contribution in [0.25, 0.3) is 0 Å². The van der Waals surface area contributed by atoms with Gasteiger partial charge in [-0.3, -0.25) is 4.90 Å². The Labute approximate surface area is 142 Å². The van der Waals surface area contributed by atoms with Gasteiger partial charge in [-0.2, -0.15) is 0 Å². The molecule has 2 aromatic heterocycles. The molecule has 2 aliphatic rings. The standard InChI is InChI=1S/C18H26N4O2/c1-3-23-11-15-8-21(9-16-6-13(2)24-20-16)10-17-18(15)22(12-19-17)7-14-4-5-14/h6,12,14-15H,3-5,7-11H2,1-2H3. The molecule has 24 heavy (non-hydrogen) atoms. The second-order valence-corrected chi connectivity index (χ2v) is 7.13. The number of rotatable bonds is 7. The van der Waals surface area contributed by atoms with Gasteiger partial charge in [0.05, 0.1) is 24.3 Å². The Morgan fingerprint density at radius 1 is 1.38 bits per heavy atom. The van der Waals surface area contributed by atoms with E-state index in [2.05, 4.69) is 21.5 Å². The van der Waals surface area contributed by atoms with Gasteiger partial charge in [0.15, 0.2) is 0 Å². The highest BCUT2D eigenvalue weighted by Crippen LogP contribution is 2.34. The molecule has 0 bridgehead atoms. The van der Waals surface area contributed by atoms with Gasteiger partial charge in [0, 0.05) is 50.5 Å². The molecule has 1 aliphatic heterocycles. The molecule has 1 atom stereocenters. The average molecular weight is 330 g/mol. The molecule has 0 aromatic carbocycles. The summed E-state index contributed by atoms with van der Waals surface area (Å²) < 4.78 is 13.4. The smallest absolute Gasteiger partial charge is 0.133 e. The van der Waals surface area contributed by atoms with Gasteiger partial charge in [-0.1, -0.05) is 5.16 Å². The number of hydrogen-bond acceptors (Lipinski definition) is 5. The molecule has 4 rings (SSSR count). The summed E-state index contributed by atoms with van der Waals surface area (Å²) in [5.74, 6) is 2.09. The Balaban J connectivity index is 1.53. The van der Waals surface area contributed by atoms with Gasteiger partial charge in [-0.25, -0.2) is 4.98 Å². The number of hydrogen-bond donors (Lipinski definition) is 0. The first-order valence-corrected chi connectivity index (χ1v) is 8.99.